The summed E-state index contributed by atoms with van der Waals surface area (Å²) >= 11 is 9.15. The van der Waals surface area contributed by atoms with Gasteiger partial charge in [-0.3, -0.25) is 0 Å². The van der Waals surface area contributed by atoms with Crippen molar-refractivity contribution in [2.75, 3.05) is 0 Å². The molecule has 0 aliphatic carbocycles. The summed E-state index contributed by atoms with van der Waals surface area (Å²) in [6.07, 6.45) is 0. The highest BCUT2D eigenvalue weighted by atomic mass is 79.9. The van der Waals surface area contributed by atoms with Gasteiger partial charge in [0.05, 0.1) is 0 Å². The summed E-state index contributed by atoms with van der Waals surface area (Å²) < 4.78 is 31.5. The van der Waals surface area contributed by atoms with Crippen molar-refractivity contribution < 1.29 is 13.5 Å². The molecule has 0 radical (unpaired) electrons. The van der Waals surface area contributed by atoms with Crippen LogP contribution in [-0.2, 0) is 5.33 Å². The molecule has 0 amide bonds. The Hall–Kier alpha value is -1.13. The summed E-state index contributed by atoms with van der Waals surface area (Å²) in [6.45, 7) is 0. The van der Waals surface area contributed by atoms with E-state index in [2.05, 4.69) is 15.9 Å². The summed E-state index contributed by atoms with van der Waals surface area (Å²) in [6, 6.07) is 8.06. The minimum Gasteiger partial charge on any atom is -0.457 e. The number of benzene rings is 2. The second kappa shape index (κ2) is 5.67. The lowest BCUT2D eigenvalue weighted by molar-refractivity contribution is 0.465. The summed E-state index contributed by atoms with van der Waals surface area (Å²) in [5, 5.41) is 1.10. The minimum absolute atomic E-state index is 0.108. The van der Waals surface area contributed by atoms with Gasteiger partial charge < -0.3 is 4.74 Å². The maximum absolute atomic E-state index is 13.0. The van der Waals surface area contributed by atoms with E-state index < -0.39 is 11.6 Å². The van der Waals surface area contributed by atoms with Crippen molar-refractivity contribution in [2.24, 2.45) is 0 Å². The number of halogens is 4. The van der Waals surface area contributed by atoms with Crippen molar-refractivity contribution in [3.05, 3.63) is 58.6 Å². The molecule has 94 valence electrons. The lowest BCUT2D eigenvalue weighted by atomic mass is 10.2. The molecule has 0 N–H and O–H groups in total. The van der Waals surface area contributed by atoms with Crippen molar-refractivity contribution in [3.8, 4) is 11.5 Å². The smallest absolute Gasteiger partial charge is 0.133 e. The summed E-state index contributed by atoms with van der Waals surface area (Å²) in [5.41, 5.74) is 0.798. The van der Waals surface area contributed by atoms with Crippen LogP contribution in [0, 0.1) is 11.6 Å². The monoisotopic (exact) mass is 332 g/mol. The van der Waals surface area contributed by atoms with E-state index in [-0.39, 0.29) is 5.75 Å². The first-order valence-corrected chi connectivity index (χ1v) is 6.57. The predicted octanol–water partition coefficient (Wildman–Crippen LogP) is 5.31. The molecule has 0 saturated carbocycles. The Bertz CT molecular complexity index is 555. The topological polar surface area (TPSA) is 9.23 Å². The zero-order valence-electron chi connectivity index (χ0n) is 9.09. The molecule has 18 heavy (non-hydrogen) atoms. The van der Waals surface area contributed by atoms with E-state index in [0.717, 1.165) is 23.8 Å². The quantitative estimate of drug-likeness (QED) is 0.692. The van der Waals surface area contributed by atoms with Gasteiger partial charge in [-0.05, 0) is 18.2 Å². The highest BCUT2D eigenvalue weighted by Crippen LogP contribution is 2.30. The standard InChI is InChI=1S/C13H8BrClF2O/c14-7-8-3-9(15)1-2-13(8)18-12-5-10(16)4-11(17)6-12/h1-6H,7H2. The predicted molar refractivity (Wildman–Crippen MR) is 70.5 cm³/mol. The average molecular weight is 334 g/mol. The first-order chi connectivity index (χ1) is 8.58. The molecular formula is C13H8BrClF2O. The molecule has 0 aliphatic heterocycles. The molecule has 2 rings (SSSR count). The highest BCUT2D eigenvalue weighted by molar-refractivity contribution is 9.08. The number of hydrogen-bond donors (Lipinski definition) is 0. The minimum atomic E-state index is -0.681. The van der Waals surface area contributed by atoms with Gasteiger partial charge in [-0.2, -0.15) is 0 Å². The average Bonchev–Trinajstić information content (AvgIpc) is 2.30. The molecule has 0 spiro atoms. The van der Waals surface area contributed by atoms with Crippen molar-refractivity contribution in [1.82, 2.24) is 0 Å². The molecular weight excluding hydrogens is 325 g/mol. The van der Waals surface area contributed by atoms with Crippen LogP contribution in [0.3, 0.4) is 0 Å². The summed E-state index contributed by atoms with van der Waals surface area (Å²) in [7, 11) is 0. The van der Waals surface area contributed by atoms with Crippen LogP contribution in [-0.4, -0.2) is 0 Å². The molecule has 2 aromatic carbocycles. The van der Waals surface area contributed by atoms with Gasteiger partial charge in [-0.25, -0.2) is 8.78 Å². The molecule has 0 aromatic heterocycles. The van der Waals surface area contributed by atoms with Gasteiger partial charge in [-0.15, -0.1) is 0 Å². The first kappa shape index (κ1) is 13.3. The molecule has 0 heterocycles. The van der Waals surface area contributed by atoms with Gasteiger partial charge >= 0.3 is 0 Å². The van der Waals surface area contributed by atoms with Gasteiger partial charge in [-0.1, -0.05) is 27.5 Å². The molecule has 0 bridgehead atoms. The number of ether oxygens (including phenoxy) is 1. The fraction of sp³-hybridized carbons (Fsp3) is 0.0769. The SMILES string of the molecule is Fc1cc(F)cc(Oc2ccc(Cl)cc2CBr)c1. The Labute approximate surface area is 116 Å². The van der Waals surface area contributed by atoms with Gasteiger partial charge in [0.2, 0.25) is 0 Å². The second-order valence-corrected chi connectivity index (χ2v) is 4.59. The van der Waals surface area contributed by atoms with Crippen LogP contribution in [0.5, 0.6) is 11.5 Å². The van der Waals surface area contributed by atoms with Crippen LogP contribution in [0.15, 0.2) is 36.4 Å². The lowest BCUT2D eigenvalue weighted by Crippen LogP contribution is -1.91. The zero-order valence-corrected chi connectivity index (χ0v) is 11.4. The van der Waals surface area contributed by atoms with Crippen LogP contribution in [0.4, 0.5) is 8.78 Å². The highest BCUT2D eigenvalue weighted by Gasteiger charge is 2.07. The van der Waals surface area contributed by atoms with Crippen molar-refractivity contribution in [3.63, 3.8) is 0 Å². The normalized spacial score (nSPS) is 10.4. The van der Waals surface area contributed by atoms with Crippen LogP contribution in [0.1, 0.15) is 5.56 Å². The Morgan fingerprint density at radius 1 is 1.06 bits per heavy atom. The van der Waals surface area contributed by atoms with Crippen LogP contribution >= 0.6 is 27.5 Å². The van der Waals surface area contributed by atoms with E-state index in [9.17, 15) is 8.78 Å². The van der Waals surface area contributed by atoms with Crippen LogP contribution in [0.25, 0.3) is 0 Å². The third-order valence-electron chi connectivity index (χ3n) is 2.23. The van der Waals surface area contributed by atoms with E-state index >= 15 is 0 Å². The van der Waals surface area contributed by atoms with E-state index in [0.29, 0.717) is 16.1 Å². The first-order valence-electron chi connectivity index (χ1n) is 5.07. The Morgan fingerprint density at radius 3 is 2.33 bits per heavy atom. The number of hydrogen-bond acceptors (Lipinski definition) is 1. The molecule has 1 nitrogen and oxygen atoms in total. The fourth-order valence-corrected chi connectivity index (χ4v) is 2.10. The summed E-state index contributed by atoms with van der Waals surface area (Å²) in [5.74, 6) is -0.753. The van der Waals surface area contributed by atoms with Crippen LogP contribution < -0.4 is 4.74 Å². The Balaban J connectivity index is 2.33. The molecule has 0 fully saturated rings. The van der Waals surface area contributed by atoms with Crippen molar-refractivity contribution in [1.29, 1.82) is 0 Å². The van der Waals surface area contributed by atoms with Gasteiger partial charge in [0.25, 0.3) is 0 Å². The number of rotatable bonds is 3. The lowest BCUT2D eigenvalue weighted by Gasteiger charge is -2.10. The molecule has 0 aliphatic rings. The van der Waals surface area contributed by atoms with Crippen molar-refractivity contribution in [2.45, 2.75) is 5.33 Å². The van der Waals surface area contributed by atoms with Gasteiger partial charge in [0, 0.05) is 34.1 Å². The van der Waals surface area contributed by atoms with Gasteiger partial charge in [0.15, 0.2) is 0 Å². The Kier molecular flexibility index (Phi) is 4.19. The third-order valence-corrected chi connectivity index (χ3v) is 3.07. The van der Waals surface area contributed by atoms with E-state index in [1.165, 1.54) is 0 Å². The largest absolute Gasteiger partial charge is 0.457 e. The fourth-order valence-electron chi connectivity index (χ4n) is 1.47. The molecule has 0 atom stereocenters. The van der Waals surface area contributed by atoms with E-state index in [1.54, 1.807) is 18.2 Å². The maximum Gasteiger partial charge on any atom is 0.133 e. The third kappa shape index (κ3) is 3.21. The molecule has 2 aromatic rings. The van der Waals surface area contributed by atoms with E-state index in [1.807, 2.05) is 0 Å². The van der Waals surface area contributed by atoms with Gasteiger partial charge in [0.1, 0.15) is 23.1 Å². The maximum atomic E-state index is 13.0. The molecule has 5 heteroatoms. The zero-order chi connectivity index (χ0) is 13.1. The Morgan fingerprint density at radius 2 is 1.72 bits per heavy atom. The molecule has 0 saturated heterocycles. The number of alkyl halides is 1. The van der Waals surface area contributed by atoms with Crippen molar-refractivity contribution >= 4 is 27.5 Å². The molecule has 0 unspecified atom stereocenters. The summed E-state index contributed by atoms with van der Waals surface area (Å²) in [4.78, 5) is 0. The van der Waals surface area contributed by atoms with Crippen LogP contribution in [0.2, 0.25) is 5.02 Å². The van der Waals surface area contributed by atoms with E-state index in [4.69, 9.17) is 16.3 Å². The second-order valence-electron chi connectivity index (χ2n) is 3.59.